The Morgan fingerprint density at radius 3 is 2.36 bits per heavy atom. The van der Waals surface area contributed by atoms with Gasteiger partial charge in [0, 0.05) is 5.56 Å². The normalized spacial score (nSPS) is 52.2. The third-order valence-electron chi connectivity index (χ3n) is 10.5. The van der Waals surface area contributed by atoms with Crippen LogP contribution in [0.25, 0.3) is 0 Å². The summed E-state index contributed by atoms with van der Waals surface area (Å²) >= 11 is 0. The van der Waals surface area contributed by atoms with Crippen LogP contribution in [0.1, 0.15) is 97.0 Å². The van der Waals surface area contributed by atoms with Crippen molar-refractivity contribution in [3.05, 3.63) is 23.7 Å². The highest BCUT2D eigenvalue weighted by molar-refractivity contribution is 5.36. The summed E-state index contributed by atoms with van der Waals surface area (Å²) in [6.45, 7) is 12.2. The molecule has 8 atom stereocenters. The lowest BCUT2D eigenvalue weighted by Gasteiger charge is -2.69. The SMILES string of the molecule is CC1(C)CCCC2(C)C1CCC1(C)C2CC(O)C2(C)c3occc3C(O)CC12. The van der Waals surface area contributed by atoms with Crippen molar-refractivity contribution in [2.24, 2.45) is 34.0 Å². The summed E-state index contributed by atoms with van der Waals surface area (Å²) in [5.74, 6) is 2.34. The van der Waals surface area contributed by atoms with Gasteiger partial charge in [0.2, 0.25) is 0 Å². The van der Waals surface area contributed by atoms with E-state index in [9.17, 15) is 10.2 Å². The molecule has 0 aromatic carbocycles. The van der Waals surface area contributed by atoms with Gasteiger partial charge in [-0.3, -0.25) is 0 Å². The molecule has 4 aliphatic carbocycles. The van der Waals surface area contributed by atoms with E-state index in [1.54, 1.807) is 6.26 Å². The summed E-state index contributed by atoms with van der Waals surface area (Å²) in [6.07, 6.45) is 8.83. The van der Waals surface area contributed by atoms with Crippen LogP contribution in [0.2, 0.25) is 0 Å². The maximum atomic E-state index is 11.6. The second kappa shape index (κ2) is 5.66. The van der Waals surface area contributed by atoms with Crippen molar-refractivity contribution in [3.63, 3.8) is 0 Å². The van der Waals surface area contributed by atoms with Crippen molar-refractivity contribution in [3.8, 4) is 0 Å². The highest BCUT2D eigenvalue weighted by atomic mass is 16.3. The Bertz CT molecular complexity index is 781. The standard InChI is InChI=1S/C25H38O3/c1-22(2)9-6-10-23(3)17(22)7-11-24(4)18(23)14-20(27)25(5)19(24)13-16(26)15-8-12-28-21(15)25/h8,12,16-20,26-27H,6-7,9-11,13-14H2,1-5H3. The molecule has 3 fully saturated rings. The fourth-order valence-electron chi connectivity index (χ4n) is 9.22. The van der Waals surface area contributed by atoms with Gasteiger partial charge in [-0.1, -0.05) is 34.1 Å². The fourth-order valence-corrected chi connectivity index (χ4v) is 9.22. The smallest absolute Gasteiger partial charge is 0.118 e. The summed E-state index contributed by atoms with van der Waals surface area (Å²) in [4.78, 5) is 0. The van der Waals surface area contributed by atoms with Gasteiger partial charge in [0.05, 0.1) is 23.9 Å². The predicted octanol–water partition coefficient (Wildman–Crippen LogP) is 5.60. The Kier molecular flexibility index (Phi) is 3.88. The molecule has 0 saturated heterocycles. The van der Waals surface area contributed by atoms with Gasteiger partial charge in [-0.2, -0.15) is 0 Å². The van der Waals surface area contributed by atoms with Gasteiger partial charge in [0.15, 0.2) is 0 Å². The van der Waals surface area contributed by atoms with E-state index in [0.717, 1.165) is 30.1 Å². The van der Waals surface area contributed by atoms with Crippen molar-refractivity contribution in [2.45, 2.75) is 97.2 Å². The minimum absolute atomic E-state index is 0.137. The molecular formula is C25H38O3. The maximum absolute atomic E-state index is 11.6. The monoisotopic (exact) mass is 386 g/mol. The zero-order valence-corrected chi connectivity index (χ0v) is 18.3. The average molecular weight is 387 g/mol. The van der Waals surface area contributed by atoms with Crippen LogP contribution in [0.5, 0.6) is 0 Å². The second-order valence-electron chi connectivity index (χ2n) is 12.0. The molecule has 1 aromatic heterocycles. The van der Waals surface area contributed by atoms with Crippen LogP contribution in [-0.4, -0.2) is 16.3 Å². The fraction of sp³-hybridized carbons (Fsp3) is 0.840. The van der Waals surface area contributed by atoms with Crippen molar-refractivity contribution < 1.29 is 14.6 Å². The molecule has 4 aliphatic rings. The molecule has 28 heavy (non-hydrogen) atoms. The first-order valence-corrected chi connectivity index (χ1v) is 11.5. The Hall–Kier alpha value is -0.800. The lowest BCUT2D eigenvalue weighted by Crippen LogP contribution is -2.66. The molecule has 1 aromatic rings. The molecule has 8 unspecified atom stereocenters. The third kappa shape index (κ3) is 2.13. The van der Waals surface area contributed by atoms with Gasteiger partial charge in [-0.25, -0.2) is 0 Å². The van der Waals surface area contributed by atoms with Gasteiger partial charge >= 0.3 is 0 Å². The van der Waals surface area contributed by atoms with Crippen LogP contribution >= 0.6 is 0 Å². The molecule has 0 amide bonds. The molecule has 3 heteroatoms. The summed E-state index contributed by atoms with van der Waals surface area (Å²) in [5, 5.41) is 22.5. The van der Waals surface area contributed by atoms with Gasteiger partial charge < -0.3 is 14.6 Å². The van der Waals surface area contributed by atoms with Crippen LogP contribution in [0.15, 0.2) is 16.7 Å². The Balaban J connectivity index is 1.63. The zero-order valence-electron chi connectivity index (χ0n) is 18.3. The van der Waals surface area contributed by atoms with Crippen LogP contribution < -0.4 is 0 Å². The first-order chi connectivity index (χ1) is 13.0. The van der Waals surface area contributed by atoms with Crippen LogP contribution in [0.4, 0.5) is 0 Å². The third-order valence-corrected chi connectivity index (χ3v) is 10.5. The number of fused-ring (bicyclic) bond motifs is 7. The van der Waals surface area contributed by atoms with E-state index in [-0.39, 0.29) is 16.7 Å². The van der Waals surface area contributed by atoms with Crippen LogP contribution in [-0.2, 0) is 5.41 Å². The van der Waals surface area contributed by atoms with E-state index in [4.69, 9.17) is 4.42 Å². The van der Waals surface area contributed by atoms with E-state index in [2.05, 4.69) is 34.6 Å². The van der Waals surface area contributed by atoms with Crippen LogP contribution in [0.3, 0.4) is 0 Å². The van der Waals surface area contributed by atoms with E-state index >= 15 is 0 Å². The summed E-state index contributed by atoms with van der Waals surface area (Å²) in [7, 11) is 0. The summed E-state index contributed by atoms with van der Waals surface area (Å²) < 4.78 is 5.94. The lowest BCUT2D eigenvalue weighted by molar-refractivity contribution is -0.215. The minimum Gasteiger partial charge on any atom is -0.468 e. The minimum atomic E-state index is -0.470. The number of rotatable bonds is 0. The lowest BCUT2D eigenvalue weighted by atomic mass is 9.35. The zero-order chi connectivity index (χ0) is 20.1. The Morgan fingerprint density at radius 2 is 1.61 bits per heavy atom. The van der Waals surface area contributed by atoms with E-state index in [1.807, 2.05) is 6.07 Å². The quantitative estimate of drug-likeness (QED) is 0.610. The van der Waals surface area contributed by atoms with E-state index in [0.29, 0.717) is 11.3 Å². The number of aliphatic hydroxyl groups excluding tert-OH is 2. The average Bonchev–Trinajstić information content (AvgIpc) is 3.10. The molecule has 0 radical (unpaired) electrons. The first-order valence-electron chi connectivity index (χ1n) is 11.5. The molecular weight excluding hydrogens is 348 g/mol. The number of hydrogen-bond acceptors (Lipinski definition) is 3. The first kappa shape index (κ1) is 19.2. The summed E-state index contributed by atoms with van der Waals surface area (Å²) in [5.41, 5.74) is 1.32. The van der Waals surface area contributed by atoms with Crippen molar-refractivity contribution >= 4 is 0 Å². The summed E-state index contributed by atoms with van der Waals surface area (Å²) in [6, 6.07) is 1.91. The molecule has 3 nitrogen and oxygen atoms in total. The number of aliphatic hydroxyl groups is 2. The Labute approximate surface area is 169 Å². The largest absolute Gasteiger partial charge is 0.468 e. The molecule has 2 N–H and O–H groups in total. The van der Waals surface area contributed by atoms with Gasteiger partial charge in [0.25, 0.3) is 0 Å². The second-order valence-corrected chi connectivity index (χ2v) is 12.0. The van der Waals surface area contributed by atoms with Crippen molar-refractivity contribution in [1.82, 2.24) is 0 Å². The highest BCUT2D eigenvalue weighted by Crippen LogP contribution is 2.72. The number of furan rings is 1. The van der Waals surface area contributed by atoms with Crippen molar-refractivity contribution in [1.29, 1.82) is 0 Å². The van der Waals surface area contributed by atoms with E-state index in [1.165, 1.54) is 32.1 Å². The molecule has 0 spiro atoms. The molecule has 5 rings (SSSR count). The number of hydrogen-bond donors (Lipinski definition) is 2. The maximum Gasteiger partial charge on any atom is 0.118 e. The topological polar surface area (TPSA) is 53.6 Å². The molecule has 0 aliphatic heterocycles. The molecule has 0 bridgehead atoms. The molecule has 156 valence electrons. The molecule has 1 heterocycles. The van der Waals surface area contributed by atoms with Gasteiger partial charge in [-0.15, -0.1) is 0 Å². The van der Waals surface area contributed by atoms with Gasteiger partial charge in [0.1, 0.15) is 5.76 Å². The van der Waals surface area contributed by atoms with Gasteiger partial charge in [-0.05, 0) is 85.5 Å². The highest BCUT2D eigenvalue weighted by Gasteiger charge is 2.68. The van der Waals surface area contributed by atoms with Crippen molar-refractivity contribution in [2.75, 3.05) is 0 Å². The Morgan fingerprint density at radius 1 is 0.893 bits per heavy atom. The predicted molar refractivity (Wildman–Crippen MR) is 110 cm³/mol. The van der Waals surface area contributed by atoms with Crippen LogP contribution in [0, 0.1) is 34.0 Å². The van der Waals surface area contributed by atoms with E-state index < -0.39 is 17.6 Å². The molecule has 3 saturated carbocycles.